The van der Waals surface area contributed by atoms with Gasteiger partial charge in [-0.05, 0) is 25.3 Å². The molecular formula is C15H26N2S. The number of aromatic nitrogens is 1. The standard InChI is InChI=1S/C15H26N2S/c1-15(2,3)14-17-13(11-18-14)10-16-9-12-7-5-4-6-8-12/h11-12,16H,4-10H2,1-3H3. The summed E-state index contributed by atoms with van der Waals surface area (Å²) in [6.45, 7) is 8.78. The van der Waals surface area contributed by atoms with Crippen molar-refractivity contribution >= 4 is 11.3 Å². The van der Waals surface area contributed by atoms with Gasteiger partial charge in [-0.15, -0.1) is 11.3 Å². The molecule has 1 saturated carbocycles. The molecular weight excluding hydrogens is 240 g/mol. The number of hydrogen-bond donors (Lipinski definition) is 1. The molecule has 3 heteroatoms. The molecule has 1 heterocycles. The van der Waals surface area contributed by atoms with E-state index in [1.807, 2.05) is 0 Å². The molecule has 1 aromatic heterocycles. The maximum absolute atomic E-state index is 4.72. The molecule has 1 aromatic rings. The van der Waals surface area contributed by atoms with E-state index in [1.165, 1.54) is 49.4 Å². The topological polar surface area (TPSA) is 24.9 Å². The minimum absolute atomic E-state index is 0.187. The summed E-state index contributed by atoms with van der Waals surface area (Å²) in [5.41, 5.74) is 1.40. The van der Waals surface area contributed by atoms with E-state index in [2.05, 4.69) is 31.5 Å². The largest absolute Gasteiger partial charge is 0.311 e. The Bertz CT molecular complexity index is 359. The monoisotopic (exact) mass is 266 g/mol. The highest BCUT2D eigenvalue weighted by Crippen LogP contribution is 2.26. The first-order chi connectivity index (χ1) is 8.55. The van der Waals surface area contributed by atoms with Gasteiger partial charge in [0.25, 0.3) is 0 Å². The van der Waals surface area contributed by atoms with Crippen LogP contribution in [0.15, 0.2) is 5.38 Å². The van der Waals surface area contributed by atoms with Crippen LogP contribution >= 0.6 is 11.3 Å². The molecule has 0 amide bonds. The second kappa shape index (κ2) is 6.16. The van der Waals surface area contributed by atoms with Gasteiger partial charge in [-0.1, -0.05) is 40.0 Å². The predicted octanol–water partition coefficient (Wildman–Crippen LogP) is 4.11. The summed E-state index contributed by atoms with van der Waals surface area (Å²) in [6, 6.07) is 0. The van der Waals surface area contributed by atoms with Gasteiger partial charge in [0, 0.05) is 17.3 Å². The highest BCUT2D eigenvalue weighted by atomic mass is 32.1. The van der Waals surface area contributed by atoms with Crippen molar-refractivity contribution in [3.63, 3.8) is 0 Å². The van der Waals surface area contributed by atoms with Crippen LogP contribution in [-0.4, -0.2) is 11.5 Å². The average molecular weight is 266 g/mol. The molecule has 1 N–H and O–H groups in total. The third kappa shape index (κ3) is 4.06. The summed E-state index contributed by atoms with van der Waals surface area (Å²) in [5.74, 6) is 0.902. The van der Waals surface area contributed by atoms with E-state index in [9.17, 15) is 0 Å². The molecule has 0 bridgehead atoms. The predicted molar refractivity (Wildman–Crippen MR) is 79.1 cm³/mol. The molecule has 0 aliphatic heterocycles. The third-order valence-electron chi connectivity index (χ3n) is 3.66. The van der Waals surface area contributed by atoms with E-state index >= 15 is 0 Å². The van der Waals surface area contributed by atoms with E-state index in [1.54, 1.807) is 11.3 Å². The first-order valence-corrected chi connectivity index (χ1v) is 8.09. The minimum atomic E-state index is 0.187. The smallest absolute Gasteiger partial charge is 0.0982 e. The van der Waals surface area contributed by atoms with E-state index in [-0.39, 0.29) is 5.41 Å². The van der Waals surface area contributed by atoms with Crippen LogP contribution in [0.25, 0.3) is 0 Å². The van der Waals surface area contributed by atoms with Gasteiger partial charge in [-0.25, -0.2) is 4.98 Å². The van der Waals surface area contributed by atoms with E-state index < -0.39 is 0 Å². The summed E-state index contributed by atoms with van der Waals surface area (Å²) in [7, 11) is 0. The Balaban J connectivity index is 1.74. The van der Waals surface area contributed by atoms with Crippen LogP contribution in [-0.2, 0) is 12.0 Å². The van der Waals surface area contributed by atoms with E-state index in [0.29, 0.717) is 0 Å². The van der Waals surface area contributed by atoms with Crippen LogP contribution in [0.3, 0.4) is 0 Å². The van der Waals surface area contributed by atoms with Gasteiger partial charge in [0.2, 0.25) is 0 Å². The Morgan fingerprint density at radius 1 is 1.28 bits per heavy atom. The van der Waals surface area contributed by atoms with Crippen molar-refractivity contribution < 1.29 is 0 Å². The van der Waals surface area contributed by atoms with Gasteiger partial charge in [-0.3, -0.25) is 0 Å². The summed E-state index contributed by atoms with van der Waals surface area (Å²) in [4.78, 5) is 4.72. The van der Waals surface area contributed by atoms with Gasteiger partial charge in [0.1, 0.15) is 0 Å². The number of hydrogen-bond acceptors (Lipinski definition) is 3. The van der Waals surface area contributed by atoms with Gasteiger partial charge < -0.3 is 5.32 Å². The molecule has 0 atom stereocenters. The molecule has 102 valence electrons. The molecule has 0 unspecified atom stereocenters. The molecule has 1 aliphatic carbocycles. The molecule has 1 fully saturated rings. The second-order valence-electron chi connectivity index (χ2n) is 6.53. The van der Waals surface area contributed by atoms with E-state index in [4.69, 9.17) is 4.98 Å². The van der Waals surface area contributed by atoms with Crippen LogP contribution in [0.2, 0.25) is 0 Å². The molecule has 0 aromatic carbocycles. The van der Waals surface area contributed by atoms with Gasteiger partial charge in [0.15, 0.2) is 0 Å². The maximum Gasteiger partial charge on any atom is 0.0982 e. The third-order valence-corrected chi connectivity index (χ3v) is 4.97. The minimum Gasteiger partial charge on any atom is -0.311 e. The molecule has 2 rings (SSSR count). The Morgan fingerprint density at radius 3 is 2.61 bits per heavy atom. The van der Waals surface area contributed by atoms with Crippen LogP contribution in [0, 0.1) is 5.92 Å². The first kappa shape index (κ1) is 14.0. The van der Waals surface area contributed by atoms with Crippen LogP contribution in [0.1, 0.15) is 63.6 Å². The van der Waals surface area contributed by atoms with Crippen molar-refractivity contribution in [3.05, 3.63) is 16.1 Å². The van der Waals surface area contributed by atoms with Crippen molar-refractivity contribution in [1.29, 1.82) is 0 Å². The number of rotatable bonds is 4. The SMILES string of the molecule is CC(C)(C)c1nc(CNCC2CCCCC2)cs1. The fourth-order valence-electron chi connectivity index (χ4n) is 2.53. The lowest BCUT2D eigenvalue weighted by molar-refractivity contribution is 0.341. The summed E-state index contributed by atoms with van der Waals surface area (Å²) < 4.78 is 0. The summed E-state index contributed by atoms with van der Waals surface area (Å²) in [5, 5.41) is 7.03. The van der Waals surface area contributed by atoms with Crippen molar-refractivity contribution in [1.82, 2.24) is 10.3 Å². The maximum atomic E-state index is 4.72. The fourth-order valence-corrected chi connectivity index (χ4v) is 3.44. The van der Waals surface area contributed by atoms with Crippen molar-refractivity contribution in [2.45, 2.75) is 64.8 Å². The molecule has 0 saturated heterocycles. The van der Waals surface area contributed by atoms with Crippen molar-refractivity contribution in [2.75, 3.05) is 6.54 Å². The van der Waals surface area contributed by atoms with Crippen molar-refractivity contribution in [2.24, 2.45) is 5.92 Å². The van der Waals surface area contributed by atoms with Crippen LogP contribution < -0.4 is 5.32 Å². The zero-order valence-corrected chi connectivity index (χ0v) is 12.8. The highest BCUT2D eigenvalue weighted by molar-refractivity contribution is 7.09. The zero-order valence-electron chi connectivity index (χ0n) is 12.0. The molecule has 2 nitrogen and oxygen atoms in total. The van der Waals surface area contributed by atoms with Gasteiger partial charge in [0.05, 0.1) is 10.7 Å². The lowest BCUT2D eigenvalue weighted by Gasteiger charge is -2.21. The second-order valence-corrected chi connectivity index (χ2v) is 7.39. The quantitative estimate of drug-likeness (QED) is 0.887. The first-order valence-electron chi connectivity index (χ1n) is 7.21. The molecule has 0 spiro atoms. The Hall–Kier alpha value is -0.410. The number of thiazole rings is 1. The van der Waals surface area contributed by atoms with Gasteiger partial charge in [-0.2, -0.15) is 0 Å². The number of nitrogens with one attached hydrogen (secondary N) is 1. The Labute approximate surface area is 115 Å². The zero-order chi connectivity index (χ0) is 13.0. The van der Waals surface area contributed by atoms with Crippen LogP contribution in [0.5, 0.6) is 0 Å². The Kier molecular flexibility index (Phi) is 4.79. The fraction of sp³-hybridized carbons (Fsp3) is 0.800. The average Bonchev–Trinajstić information content (AvgIpc) is 2.79. The van der Waals surface area contributed by atoms with Gasteiger partial charge >= 0.3 is 0 Å². The normalized spacial score (nSPS) is 18.2. The summed E-state index contributed by atoms with van der Waals surface area (Å²) >= 11 is 1.79. The number of nitrogens with zero attached hydrogens (tertiary/aromatic N) is 1. The van der Waals surface area contributed by atoms with E-state index in [0.717, 1.165) is 12.5 Å². The lowest BCUT2D eigenvalue weighted by Crippen LogP contribution is -2.24. The highest BCUT2D eigenvalue weighted by Gasteiger charge is 2.18. The lowest BCUT2D eigenvalue weighted by atomic mass is 9.89. The molecule has 0 radical (unpaired) electrons. The van der Waals surface area contributed by atoms with Crippen LogP contribution in [0.4, 0.5) is 0 Å². The Morgan fingerprint density at radius 2 is 2.00 bits per heavy atom. The van der Waals surface area contributed by atoms with Crippen molar-refractivity contribution in [3.8, 4) is 0 Å². The summed E-state index contributed by atoms with van der Waals surface area (Å²) in [6.07, 6.45) is 7.13. The molecule has 1 aliphatic rings. The molecule has 18 heavy (non-hydrogen) atoms.